The number of nitrogens with zero attached hydrogens (tertiary/aromatic N) is 4. The fraction of sp³-hybridized carbons (Fsp3) is 0.381. The molecular weight excluding hydrogens is 354 g/mol. The first-order valence-corrected chi connectivity index (χ1v) is 9.59. The summed E-state index contributed by atoms with van der Waals surface area (Å²) in [5.41, 5.74) is 3.69. The van der Waals surface area contributed by atoms with Crippen LogP contribution < -0.4 is 5.32 Å². The molecule has 4 rings (SSSR count). The van der Waals surface area contributed by atoms with E-state index in [0.29, 0.717) is 19.7 Å². The Morgan fingerprint density at radius 3 is 2.75 bits per heavy atom. The predicted octanol–water partition coefficient (Wildman–Crippen LogP) is 3.76. The summed E-state index contributed by atoms with van der Waals surface area (Å²) < 4.78 is 7.53. The normalized spacial score (nSPS) is 15.1. The van der Waals surface area contributed by atoms with Crippen molar-refractivity contribution in [2.24, 2.45) is 0 Å². The third-order valence-corrected chi connectivity index (χ3v) is 5.30. The van der Waals surface area contributed by atoms with E-state index in [1.807, 2.05) is 48.2 Å². The Kier molecular flexibility index (Phi) is 5.25. The number of amides is 2. The average Bonchev–Trinajstić information content (AvgIpc) is 3.08. The smallest absolute Gasteiger partial charge is 0.321 e. The number of carbonyl (C=O) groups is 1. The number of pyridine rings is 1. The van der Waals surface area contributed by atoms with Crippen molar-refractivity contribution >= 4 is 22.9 Å². The molecule has 0 unspecified atom stereocenters. The Labute approximate surface area is 164 Å². The Bertz CT molecular complexity index is 976. The second kappa shape index (κ2) is 7.98. The number of piperidine rings is 1. The molecule has 0 spiro atoms. The van der Waals surface area contributed by atoms with Crippen molar-refractivity contribution in [3.05, 3.63) is 54.0 Å². The number of carbonyl (C=O) groups excluding carboxylic acids is 1. The van der Waals surface area contributed by atoms with Crippen molar-refractivity contribution in [1.82, 2.24) is 19.4 Å². The van der Waals surface area contributed by atoms with Crippen molar-refractivity contribution in [3.8, 4) is 0 Å². The number of anilines is 1. The highest BCUT2D eigenvalue weighted by molar-refractivity contribution is 5.90. The second-order valence-electron chi connectivity index (χ2n) is 7.14. The van der Waals surface area contributed by atoms with Gasteiger partial charge in [-0.25, -0.2) is 14.8 Å². The lowest BCUT2D eigenvalue weighted by atomic mass is 10.0. The van der Waals surface area contributed by atoms with Gasteiger partial charge in [-0.15, -0.1) is 0 Å². The van der Waals surface area contributed by atoms with Crippen LogP contribution in [0.5, 0.6) is 0 Å². The Morgan fingerprint density at radius 2 is 2.00 bits per heavy atom. The molecule has 1 aliphatic heterocycles. The molecule has 146 valence electrons. The lowest BCUT2D eigenvalue weighted by Gasteiger charge is -2.33. The zero-order valence-corrected chi connectivity index (χ0v) is 16.3. The van der Waals surface area contributed by atoms with Gasteiger partial charge in [0.05, 0.1) is 0 Å². The lowest BCUT2D eigenvalue weighted by molar-refractivity contribution is 0.162. The van der Waals surface area contributed by atoms with Crippen LogP contribution in [-0.4, -0.2) is 45.7 Å². The van der Waals surface area contributed by atoms with Gasteiger partial charge in [0.25, 0.3) is 0 Å². The average molecular weight is 379 g/mol. The minimum absolute atomic E-state index is 0.0431. The largest absolute Gasteiger partial charge is 0.377 e. The maximum absolute atomic E-state index is 12.7. The number of rotatable bonds is 4. The maximum atomic E-state index is 12.7. The van der Waals surface area contributed by atoms with E-state index in [9.17, 15) is 4.79 Å². The quantitative estimate of drug-likeness (QED) is 0.749. The number of fused-ring (bicyclic) bond motifs is 1. The number of hydrogen-bond donors (Lipinski definition) is 1. The topological polar surface area (TPSA) is 72.3 Å². The summed E-state index contributed by atoms with van der Waals surface area (Å²) >= 11 is 0. The van der Waals surface area contributed by atoms with Crippen LogP contribution in [0.25, 0.3) is 11.2 Å². The molecule has 7 nitrogen and oxygen atoms in total. The molecule has 1 saturated heterocycles. The monoisotopic (exact) mass is 379 g/mol. The highest BCUT2D eigenvalue weighted by Gasteiger charge is 2.27. The number of aromatic nitrogens is 3. The number of methoxy groups -OCH3 is 1. The zero-order valence-electron chi connectivity index (χ0n) is 16.3. The van der Waals surface area contributed by atoms with E-state index in [1.54, 1.807) is 13.3 Å². The van der Waals surface area contributed by atoms with Gasteiger partial charge in [0, 0.05) is 38.1 Å². The van der Waals surface area contributed by atoms with Gasteiger partial charge in [-0.3, -0.25) is 0 Å². The number of hydrogen-bond acceptors (Lipinski definition) is 4. The standard InChI is InChI=1S/C21H25N5O2/c1-15-6-3-4-7-17(15)24-21(27)25-12-9-16(10-13-25)26-19(14-28-2)23-18-8-5-11-22-20(18)26/h3-8,11,16H,9-10,12-14H2,1-2H3,(H,24,27). The van der Waals surface area contributed by atoms with Crippen molar-refractivity contribution < 1.29 is 9.53 Å². The summed E-state index contributed by atoms with van der Waals surface area (Å²) in [5, 5.41) is 3.03. The molecule has 3 aromatic rings. The summed E-state index contributed by atoms with van der Waals surface area (Å²) in [4.78, 5) is 23.7. The summed E-state index contributed by atoms with van der Waals surface area (Å²) in [6, 6.07) is 11.9. The van der Waals surface area contributed by atoms with Crippen molar-refractivity contribution in [1.29, 1.82) is 0 Å². The van der Waals surface area contributed by atoms with Gasteiger partial charge >= 0.3 is 6.03 Å². The van der Waals surface area contributed by atoms with Crippen LogP contribution in [0.1, 0.15) is 30.3 Å². The fourth-order valence-electron chi connectivity index (χ4n) is 3.83. The number of urea groups is 1. The predicted molar refractivity (Wildman–Crippen MR) is 108 cm³/mol. The van der Waals surface area contributed by atoms with Crippen molar-refractivity contribution in [3.63, 3.8) is 0 Å². The van der Waals surface area contributed by atoms with Crippen molar-refractivity contribution in [2.75, 3.05) is 25.5 Å². The lowest BCUT2D eigenvalue weighted by Crippen LogP contribution is -2.41. The molecule has 28 heavy (non-hydrogen) atoms. The van der Waals surface area contributed by atoms with Gasteiger partial charge in [0.1, 0.15) is 17.9 Å². The fourth-order valence-corrected chi connectivity index (χ4v) is 3.83. The highest BCUT2D eigenvalue weighted by atomic mass is 16.5. The van der Waals surface area contributed by atoms with E-state index in [1.165, 1.54) is 0 Å². The van der Waals surface area contributed by atoms with Crippen LogP contribution in [0.4, 0.5) is 10.5 Å². The molecule has 3 heterocycles. The van der Waals surface area contributed by atoms with E-state index < -0.39 is 0 Å². The number of benzene rings is 1. The molecule has 1 N–H and O–H groups in total. The van der Waals surface area contributed by atoms with Gasteiger partial charge in [-0.05, 0) is 43.5 Å². The van der Waals surface area contributed by atoms with E-state index in [2.05, 4.69) is 19.9 Å². The van der Waals surface area contributed by atoms with Gasteiger partial charge in [0.2, 0.25) is 0 Å². The molecule has 1 fully saturated rings. The minimum Gasteiger partial charge on any atom is -0.377 e. The Hall–Kier alpha value is -2.93. The summed E-state index contributed by atoms with van der Waals surface area (Å²) in [6.07, 6.45) is 3.52. The Balaban J connectivity index is 1.47. The van der Waals surface area contributed by atoms with Gasteiger partial charge in [-0.1, -0.05) is 18.2 Å². The number of para-hydroxylation sites is 1. The summed E-state index contributed by atoms with van der Waals surface area (Å²) in [6.45, 7) is 3.84. The van der Waals surface area contributed by atoms with Gasteiger partial charge in [0.15, 0.2) is 5.65 Å². The molecule has 2 aromatic heterocycles. The molecule has 0 atom stereocenters. The molecule has 0 radical (unpaired) electrons. The summed E-state index contributed by atoms with van der Waals surface area (Å²) in [5.74, 6) is 0.888. The Morgan fingerprint density at radius 1 is 1.21 bits per heavy atom. The number of aryl methyl sites for hydroxylation is 1. The van der Waals surface area contributed by atoms with E-state index >= 15 is 0 Å². The zero-order chi connectivity index (χ0) is 19.5. The molecule has 1 aromatic carbocycles. The molecule has 0 aliphatic carbocycles. The first kappa shape index (κ1) is 18.4. The molecule has 1 aliphatic rings. The molecular formula is C21H25N5O2. The van der Waals surface area contributed by atoms with Crippen molar-refractivity contribution in [2.45, 2.75) is 32.4 Å². The first-order chi connectivity index (χ1) is 13.7. The van der Waals surface area contributed by atoms with E-state index in [-0.39, 0.29) is 12.1 Å². The van der Waals surface area contributed by atoms with Crippen LogP contribution >= 0.6 is 0 Å². The van der Waals surface area contributed by atoms with Crippen LogP contribution in [0.15, 0.2) is 42.6 Å². The number of imidazole rings is 1. The SMILES string of the molecule is COCc1nc2cccnc2n1C1CCN(C(=O)Nc2ccccc2C)CC1. The van der Waals surface area contributed by atoms with Crippen LogP contribution in [0, 0.1) is 6.92 Å². The molecule has 7 heteroatoms. The minimum atomic E-state index is -0.0431. The first-order valence-electron chi connectivity index (χ1n) is 9.59. The van der Waals surface area contributed by atoms with Crippen LogP contribution in [-0.2, 0) is 11.3 Å². The van der Waals surface area contributed by atoms with Crippen LogP contribution in [0.2, 0.25) is 0 Å². The number of nitrogens with one attached hydrogen (secondary N) is 1. The van der Waals surface area contributed by atoms with E-state index in [4.69, 9.17) is 4.74 Å². The van der Waals surface area contributed by atoms with E-state index in [0.717, 1.165) is 41.1 Å². The van der Waals surface area contributed by atoms with Gasteiger partial charge < -0.3 is 19.5 Å². The third-order valence-electron chi connectivity index (χ3n) is 5.30. The molecule has 0 saturated carbocycles. The maximum Gasteiger partial charge on any atom is 0.321 e. The second-order valence-corrected chi connectivity index (χ2v) is 7.14. The molecule has 2 amide bonds. The number of ether oxygens (including phenoxy) is 1. The highest BCUT2D eigenvalue weighted by Crippen LogP contribution is 2.28. The number of likely N-dealkylation sites (tertiary alicyclic amines) is 1. The van der Waals surface area contributed by atoms with Crippen LogP contribution in [0.3, 0.4) is 0 Å². The van der Waals surface area contributed by atoms with Gasteiger partial charge in [-0.2, -0.15) is 0 Å². The molecule has 0 bridgehead atoms. The summed E-state index contributed by atoms with van der Waals surface area (Å²) in [7, 11) is 1.68. The third kappa shape index (κ3) is 3.57.